The molecule has 0 aromatic heterocycles. The first-order valence-electron chi connectivity index (χ1n) is 5.70. The molecular formula is C13H15Cl2NO2. The minimum absolute atomic E-state index is 0.680. The molecule has 0 saturated heterocycles. The van der Waals surface area contributed by atoms with Crippen molar-refractivity contribution < 1.29 is 9.47 Å². The van der Waals surface area contributed by atoms with Crippen molar-refractivity contribution in [3.8, 4) is 11.5 Å². The fourth-order valence-corrected chi connectivity index (χ4v) is 2.68. The van der Waals surface area contributed by atoms with Crippen molar-refractivity contribution in [2.45, 2.75) is 12.8 Å². The Hall–Kier alpha value is -1.06. The van der Waals surface area contributed by atoms with Crippen molar-refractivity contribution in [2.75, 3.05) is 20.8 Å². The Morgan fingerprint density at radius 1 is 1.22 bits per heavy atom. The van der Waals surface area contributed by atoms with E-state index < -0.39 is 0 Å². The fourth-order valence-electron chi connectivity index (χ4n) is 2.14. The maximum atomic E-state index is 6.19. The van der Waals surface area contributed by atoms with Gasteiger partial charge in [-0.15, -0.1) is 0 Å². The van der Waals surface area contributed by atoms with E-state index in [-0.39, 0.29) is 0 Å². The van der Waals surface area contributed by atoms with Crippen LogP contribution in [0.5, 0.6) is 11.5 Å². The van der Waals surface area contributed by atoms with E-state index >= 15 is 0 Å². The number of fused-ring (bicyclic) bond motifs is 1. The van der Waals surface area contributed by atoms with Gasteiger partial charge in [-0.25, -0.2) is 0 Å². The Balaban J connectivity index is 2.58. The molecule has 0 radical (unpaired) electrons. The van der Waals surface area contributed by atoms with Crippen molar-refractivity contribution in [1.82, 2.24) is 4.42 Å². The lowest BCUT2D eigenvalue weighted by molar-refractivity contribution is 0.354. The molecule has 1 aromatic carbocycles. The maximum Gasteiger partial charge on any atom is 0.161 e. The van der Waals surface area contributed by atoms with E-state index in [1.807, 2.05) is 12.1 Å². The van der Waals surface area contributed by atoms with Crippen LogP contribution in [0, 0.1) is 0 Å². The van der Waals surface area contributed by atoms with Crippen molar-refractivity contribution >= 4 is 29.1 Å². The van der Waals surface area contributed by atoms with E-state index in [1.54, 1.807) is 18.6 Å². The Bertz CT molecular complexity index is 474. The number of halogens is 2. The topological polar surface area (TPSA) is 21.7 Å². The van der Waals surface area contributed by atoms with Gasteiger partial charge in [0, 0.05) is 29.4 Å². The molecule has 0 bridgehead atoms. The van der Waals surface area contributed by atoms with E-state index in [0.29, 0.717) is 5.75 Å². The molecule has 0 saturated carbocycles. The number of nitrogens with zero attached hydrogens (tertiary/aromatic N) is 1. The molecule has 0 aliphatic carbocycles. The molecule has 0 unspecified atom stereocenters. The van der Waals surface area contributed by atoms with Gasteiger partial charge in [0.15, 0.2) is 11.5 Å². The lowest BCUT2D eigenvalue weighted by Gasteiger charge is -2.18. The van der Waals surface area contributed by atoms with Crippen LogP contribution in [0.4, 0.5) is 0 Å². The zero-order chi connectivity index (χ0) is 13.1. The highest BCUT2D eigenvalue weighted by molar-refractivity contribution is 6.29. The highest BCUT2D eigenvalue weighted by Gasteiger charge is 2.20. The normalized spacial score (nSPS) is 17.3. The fraction of sp³-hybridized carbons (Fsp3) is 0.385. The summed E-state index contributed by atoms with van der Waals surface area (Å²) in [4.78, 5) is 0. The van der Waals surface area contributed by atoms with E-state index in [9.17, 15) is 0 Å². The molecule has 18 heavy (non-hydrogen) atoms. The second kappa shape index (κ2) is 5.72. The standard InChI is InChI=1S/C13H15Cl2NO2/c1-17-12-6-9-4-3-5-16(15)11(8-14)10(9)7-13(12)18-2/h6-8H,3-5H2,1-2H3. The molecule has 3 nitrogen and oxygen atoms in total. The van der Waals surface area contributed by atoms with Crippen LogP contribution in [-0.2, 0) is 6.42 Å². The number of rotatable bonds is 2. The monoisotopic (exact) mass is 287 g/mol. The highest BCUT2D eigenvalue weighted by atomic mass is 35.5. The zero-order valence-electron chi connectivity index (χ0n) is 10.4. The Labute approximate surface area is 117 Å². The van der Waals surface area contributed by atoms with Gasteiger partial charge in [-0.2, -0.15) is 0 Å². The minimum Gasteiger partial charge on any atom is -0.493 e. The summed E-state index contributed by atoms with van der Waals surface area (Å²) < 4.78 is 12.3. The van der Waals surface area contributed by atoms with Crippen LogP contribution in [0.3, 0.4) is 0 Å². The summed E-state index contributed by atoms with van der Waals surface area (Å²) in [6, 6.07) is 3.91. The predicted molar refractivity (Wildman–Crippen MR) is 74.3 cm³/mol. The first-order valence-corrected chi connectivity index (χ1v) is 6.47. The Kier molecular flexibility index (Phi) is 4.25. The average Bonchev–Trinajstić information content (AvgIpc) is 2.54. The Morgan fingerprint density at radius 3 is 2.50 bits per heavy atom. The number of methoxy groups -OCH3 is 2. The van der Waals surface area contributed by atoms with Crippen LogP contribution in [0.15, 0.2) is 17.7 Å². The smallest absolute Gasteiger partial charge is 0.161 e. The van der Waals surface area contributed by atoms with Crippen molar-refractivity contribution in [1.29, 1.82) is 0 Å². The van der Waals surface area contributed by atoms with Crippen LogP contribution >= 0.6 is 23.4 Å². The first kappa shape index (κ1) is 13.4. The highest BCUT2D eigenvalue weighted by Crippen LogP contribution is 2.37. The summed E-state index contributed by atoms with van der Waals surface area (Å²) in [6.07, 6.45) is 1.91. The van der Waals surface area contributed by atoms with Crippen LogP contribution in [0.1, 0.15) is 17.5 Å². The summed E-state index contributed by atoms with van der Waals surface area (Å²) in [6.45, 7) is 0.763. The minimum atomic E-state index is 0.680. The van der Waals surface area contributed by atoms with Crippen LogP contribution in [0.25, 0.3) is 5.70 Å². The van der Waals surface area contributed by atoms with Crippen LogP contribution in [0.2, 0.25) is 0 Å². The number of ether oxygens (including phenoxy) is 2. The molecule has 1 heterocycles. The molecule has 1 aromatic rings. The van der Waals surface area contributed by atoms with E-state index in [1.165, 1.54) is 11.1 Å². The lowest BCUT2D eigenvalue weighted by Crippen LogP contribution is -2.09. The Morgan fingerprint density at radius 2 is 1.89 bits per heavy atom. The molecule has 0 amide bonds. The average molecular weight is 288 g/mol. The molecular weight excluding hydrogens is 273 g/mol. The van der Waals surface area contributed by atoms with Crippen molar-refractivity contribution in [3.05, 3.63) is 28.8 Å². The predicted octanol–water partition coefficient (Wildman–Crippen LogP) is 3.64. The van der Waals surface area contributed by atoms with Crippen LogP contribution < -0.4 is 9.47 Å². The molecule has 0 N–H and O–H groups in total. The summed E-state index contributed by atoms with van der Waals surface area (Å²) >= 11 is 12.1. The number of hydrogen-bond donors (Lipinski definition) is 0. The van der Waals surface area contributed by atoms with E-state index in [0.717, 1.165) is 36.4 Å². The first-order chi connectivity index (χ1) is 8.71. The van der Waals surface area contributed by atoms with Gasteiger partial charge < -0.3 is 9.47 Å². The number of aryl methyl sites for hydroxylation is 1. The van der Waals surface area contributed by atoms with Crippen molar-refractivity contribution in [3.63, 3.8) is 0 Å². The molecule has 1 aliphatic rings. The van der Waals surface area contributed by atoms with Crippen LogP contribution in [-0.4, -0.2) is 25.2 Å². The second-order valence-electron chi connectivity index (χ2n) is 4.05. The molecule has 0 spiro atoms. The number of hydrogen-bond acceptors (Lipinski definition) is 3. The summed E-state index contributed by atoms with van der Waals surface area (Å²) in [7, 11) is 3.25. The third kappa shape index (κ3) is 2.38. The second-order valence-corrected chi connectivity index (χ2v) is 4.67. The van der Waals surface area contributed by atoms with Gasteiger partial charge in [-0.3, -0.25) is 4.42 Å². The molecule has 5 heteroatoms. The number of benzene rings is 1. The van der Waals surface area contributed by atoms with Crippen molar-refractivity contribution in [2.24, 2.45) is 0 Å². The van der Waals surface area contributed by atoms with Gasteiger partial charge in [0.2, 0.25) is 0 Å². The third-order valence-electron chi connectivity index (χ3n) is 3.05. The summed E-state index contributed by atoms with van der Waals surface area (Å²) in [5.41, 5.74) is 4.47. The SMILES string of the molecule is COc1cc2c(cc1OC)C(=CCl)N(Cl)CCC2. The molecule has 98 valence electrons. The quantitative estimate of drug-likeness (QED) is 0.775. The lowest BCUT2D eigenvalue weighted by atomic mass is 10.0. The third-order valence-corrected chi connectivity index (χ3v) is 3.61. The molecule has 0 fully saturated rings. The van der Waals surface area contributed by atoms with Gasteiger partial charge in [0.05, 0.1) is 19.9 Å². The molecule has 0 atom stereocenters. The van der Waals surface area contributed by atoms with E-state index in [2.05, 4.69) is 0 Å². The summed E-state index contributed by atoms with van der Waals surface area (Å²) in [5, 5.41) is 0. The van der Waals surface area contributed by atoms with Gasteiger partial charge in [-0.1, -0.05) is 11.6 Å². The van der Waals surface area contributed by atoms with Gasteiger partial charge in [-0.05, 0) is 30.5 Å². The molecule has 2 rings (SSSR count). The maximum absolute atomic E-state index is 6.19. The van der Waals surface area contributed by atoms with Gasteiger partial charge >= 0.3 is 0 Å². The van der Waals surface area contributed by atoms with E-state index in [4.69, 9.17) is 32.9 Å². The van der Waals surface area contributed by atoms with Gasteiger partial charge in [0.25, 0.3) is 0 Å². The largest absolute Gasteiger partial charge is 0.493 e. The molecule has 1 aliphatic heterocycles. The summed E-state index contributed by atoms with van der Waals surface area (Å²) in [5.74, 6) is 1.41. The van der Waals surface area contributed by atoms with Gasteiger partial charge in [0.1, 0.15) is 0 Å². The zero-order valence-corrected chi connectivity index (χ0v) is 11.9.